The number of para-hydroxylation sites is 1. The summed E-state index contributed by atoms with van der Waals surface area (Å²) < 4.78 is 13.7. The van der Waals surface area contributed by atoms with Gasteiger partial charge in [-0.1, -0.05) is 30.3 Å². The molecule has 2 aromatic carbocycles. The number of carboxylic acid groups (broad SMARTS) is 1. The van der Waals surface area contributed by atoms with Crippen LogP contribution >= 0.6 is 0 Å². The maximum Gasteiger partial charge on any atom is 0.356 e. The summed E-state index contributed by atoms with van der Waals surface area (Å²) in [6.07, 6.45) is 0. The second kappa shape index (κ2) is 4.38. The van der Waals surface area contributed by atoms with Crippen molar-refractivity contribution in [3.63, 3.8) is 0 Å². The minimum absolute atomic E-state index is 0.238. The summed E-state index contributed by atoms with van der Waals surface area (Å²) >= 11 is 0. The van der Waals surface area contributed by atoms with Gasteiger partial charge in [-0.05, 0) is 23.8 Å². The van der Waals surface area contributed by atoms with Crippen LogP contribution in [0.1, 0.15) is 10.5 Å². The van der Waals surface area contributed by atoms with E-state index in [0.29, 0.717) is 26.8 Å². The van der Waals surface area contributed by atoms with Crippen molar-refractivity contribution in [2.75, 3.05) is 0 Å². The molecule has 3 aromatic rings. The number of aromatic carboxylic acids is 1. The average molecular weight is 271 g/mol. The van der Waals surface area contributed by atoms with E-state index in [9.17, 15) is 19.5 Å². The largest absolute Gasteiger partial charge is 0.476 e. The maximum absolute atomic E-state index is 13.0. The highest BCUT2D eigenvalue weighted by molar-refractivity contribution is 6.07. The second-order valence-corrected chi connectivity index (χ2v) is 4.36. The average Bonchev–Trinajstić information content (AvgIpc) is 2.74. The fourth-order valence-electron chi connectivity index (χ4n) is 2.33. The smallest absolute Gasteiger partial charge is 0.356 e. The number of nitrogens with zero attached hydrogens (tertiary/aromatic N) is 1. The molecule has 0 unspecified atom stereocenters. The maximum atomic E-state index is 13.0. The van der Waals surface area contributed by atoms with Gasteiger partial charge in [0.05, 0.1) is 5.52 Å². The molecule has 0 fully saturated rings. The summed E-state index contributed by atoms with van der Waals surface area (Å²) in [5.74, 6) is -1.65. The Hall–Kier alpha value is -2.82. The Morgan fingerprint density at radius 1 is 1.05 bits per heavy atom. The lowest BCUT2D eigenvalue weighted by Gasteiger charge is -2.02. The van der Waals surface area contributed by atoms with Gasteiger partial charge < -0.3 is 10.3 Å². The van der Waals surface area contributed by atoms with Crippen molar-refractivity contribution in [2.45, 2.75) is 0 Å². The zero-order chi connectivity index (χ0) is 14.3. The predicted molar refractivity (Wildman–Crippen MR) is 71.5 cm³/mol. The first-order valence-electron chi connectivity index (χ1n) is 5.91. The Morgan fingerprint density at radius 3 is 2.35 bits per heavy atom. The zero-order valence-electron chi connectivity index (χ0n) is 10.2. The number of carboxylic acids is 1. The molecule has 0 saturated carbocycles. The SMILES string of the molecule is O=C(O)c1c(-c2ccc(F)cc2)c2ccccc2n1O. The molecule has 0 amide bonds. The number of fused-ring (bicyclic) bond motifs is 1. The molecule has 0 spiro atoms. The number of benzene rings is 2. The molecule has 5 heteroatoms. The van der Waals surface area contributed by atoms with Gasteiger partial charge in [0.1, 0.15) is 5.82 Å². The number of hydrogen-bond acceptors (Lipinski definition) is 2. The summed E-state index contributed by atoms with van der Waals surface area (Å²) in [4.78, 5) is 11.4. The van der Waals surface area contributed by atoms with Crippen LogP contribution in [0.2, 0.25) is 0 Å². The van der Waals surface area contributed by atoms with Crippen LogP contribution in [0.25, 0.3) is 22.0 Å². The minimum Gasteiger partial charge on any atom is -0.476 e. The second-order valence-electron chi connectivity index (χ2n) is 4.36. The quantitative estimate of drug-likeness (QED) is 0.702. The third-order valence-electron chi connectivity index (χ3n) is 3.19. The normalized spacial score (nSPS) is 10.8. The molecule has 0 bridgehead atoms. The van der Waals surface area contributed by atoms with Gasteiger partial charge in [0.15, 0.2) is 5.69 Å². The summed E-state index contributed by atoms with van der Waals surface area (Å²) in [6, 6.07) is 12.3. The third-order valence-corrected chi connectivity index (χ3v) is 3.19. The van der Waals surface area contributed by atoms with Crippen LogP contribution < -0.4 is 0 Å². The fourth-order valence-corrected chi connectivity index (χ4v) is 2.33. The first-order chi connectivity index (χ1) is 9.59. The molecule has 0 aliphatic rings. The summed E-state index contributed by atoms with van der Waals surface area (Å²) in [7, 11) is 0. The molecule has 2 N–H and O–H groups in total. The lowest BCUT2D eigenvalue weighted by Crippen LogP contribution is -2.06. The van der Waals surface area contributed by atoms with Crippen molar-refractivity contribution in [3.8, 4) is 11.1 Å². The van der Waals surface area contributed by atoms with Gasteiger partial charge in [-0.25, -0.2) is 9.18 Å². The summed E-state index contributed by atoms with van der Waals surface area (Å²) in [6.45, 7) is 0. The van der Waals surface area contributed by atoms with Crippen LogP contribution in [0.3, 0.4) is 0 Å². The molecular weight excluding hydrogens is 261 g/mol. The van der Waals surface area contributed by atoms with Crippen LogP contribution in [0.15, 0.2) is 48.5 Å². The van der Waals surface area contributed by atoms with Crippen LogP contribution in [-0.4, -0.2) is 21.0 Å². The Bertz CT molecular complexity index is 806. The van der Waals surface area contributed by atoms with Crippen molar-refractivity contribution < 1.29 is 19.5 Å². The molecule has 0 aliphatic heterocycles. The molecular formula is C15H10FNO3. The highest BCUT2D eigenvalue weighted by Crippen LogP contribution is 2.34. The van der Waals surface area contributed by atoms with E-state index in [1.165, 1.54) is 24.3 Å². The standard InChI is InChI=1S/C15H10FNO3/c16-10-7-5-9(6-8-10)13-11-3-1-2-4-12(11)17(20)14(13)15(18)19/h1-8,20H,(H,18,19). The number of halogens is 1. The van der Waals surface area contributed by atoms with Gasteiger partial charge in [-0.2, -0.15) is 4.73 Å². The molecule has 0 radical (unpaired) electrons. The van der Waals surface area contributed by atoms with Crippen LogP contribution in [0.4, 0.5) is 4.39 Å². The number of hydrogen-bond donors (Lipinski definition) is 2. The third kappa shape index (κ3) is 1.72. The van der Waals surface area contributed by atoms with Crippen molar-refractivity contribution in [1.29, 1.82) is 0 Å². The van der Waals surface area contributed by atoms with Crippen LogP contribution in [0, 0.1) is 5.82 Å². The van der Waals surface area contributed by atoms with Gasteiger partial charge in [0.25, 0.3) is 0 Å². The first-order valence-corrected chi connectivity index (χ1v) is 5.91. The van der Waals surface area contributed by atoms with Gasteiger partial charge in [0.2, 0.25) is 0 Å². The number of carbonyl (C=O) groups is 1. The Balaban J connectivity index is 2.41. The zero-order valence-corrected chi connectivity index (χ0v) is 10.2. The highest BCUT2D eigenvalue weighted by Gasteiger charge is 2.23. The molecule has 0 saturated heterocycles. The van der Waals surface area contributed by atoms with Crippen molar-refractivity contribution in [3.05, 3.63) is 60.0 Å². The number of aromatic nitrogens is 1. The van der Waals surface area contributed by atoms with E-state index in [-0.39, 0.29) is 5.69 Å². The Morgan fingerprint density at radius 2 is 1.70 bits per heavy atom. The van der Waals surface area contributed by atoms with E-state index in [2.05, 4.69) is 0 Å². The van der Waals surface area contributed by atoms with E-state index < -0.39 is 11.8 Å². The van der Waals surface area contributed by atoms with Crippen LogP contribution in [-0.2, 0) is 0 Å². The topological polar surface area (TPSA) is 62.5 Å². The Kier molecular flexibility index (Phi) is 2.68. The van der Waals surface area contributed by atoms with E-state index in [1.807, 2.05) is 0 Å². The van der Waals surface area contributed by atoms with Gasteiger partial charge in [-0.15, -0.1) is 0 Å². The first kappa shape index (κ1) is 12.2. The van der Waals surface area contributed by atoms with Crippen LogP contribution in [0.5, 0.6) is 0 Å². The Labute approximate surface area is 113 Å². The lowest BCUT2D eigenvalue weighted by atomic mass is 10.0. The predicted octanol–water partition coefficient (Wildman–Crippen LogP) is 3.38. The highest BCUT2D eigenvalue weighted by atomic mass is 19.1. The van der Waals surface area contributed by atoms with E-state index in [1.54, 1.807) is 24.3 Å². The van der Waals surface area contributed by atoms with E-state index in [0.717, 1.165) is 0 Å². The van der Waals surface area contributed by atoms with Gasteiger partial charge >= 0.3 is 5.97 Å². The molecule has 4 nitrogen and oxygen atoms in total. The molecule has 20 heavy (non-hydrogen) atoms. The minimum atomic E-state index is -1.25. The monoisotopic (exact) mass is 271 g/mol. The fraction of sp³-hybridized carbons (Fsp3) is 0. The van der Waals surface area contributed by atoms with Crippen molar-refractivity contribution >= 4 is 16.9 Å². The van der Waals surface area contributed by atoms with E-state index >= 15 is 0 Å². The van der Waals surface area contributed by atoms with Gasteiger partial charge in [0, 0.05) is 10.9 Å². The summed E-state index contributed by atoms with van der Waals surface area (Å²) in [5.41, 5.74) is 1.06. The van der Waals surface area contributed by atoms with Crippen molar-refractivity contribution in [2.24, 2.45) is 0 Å². The van der Waals surface area contributed by atoms with Gasteiger partial charge in [-0.3, -0.25) is 0 Å². The molecule has 1 heterocycles. The molecule has 3 rings (SSSR count). The molecule has 0 atom stereocenters. The molecule has 0 aliphatic carbocycles. The molecule has 100 valence electrons. The lowest BCUT2D eigenvalue weighted by molar-refractivity contribution is 0.0651. The van der Waals surface area contributed by atoms with Crippen molar-refractivity contribution in [1.82, 2.24) is 4.73 Å². The summed E-state index contributed by atoms with van der Waals surface area (Å²) in [5, 5.41) is 19.9. The van der Waals surface area contributed by atoms with E-state index in [4.69, 9.17) is 0 Å². The number of rotatable bonds is 2. The molecule has 1 aromatic heterocycles.